The molecule has 2 aromatic carbocycles. The number of hydrogen-bond acceptors (Lipinski definition) is 6. The number of rotatable bonds is 3. The lowest BCUT2D eigenvalue weighted by Gasteiger charge is -2.24. The number of nitro groups is 1. The van der Waals surface area contributed by atoms with Crippen LogP contribution in [-0.2, 0) is 0 Å². The van der Waals surface area contributed by atoms with E-state index in [1.165, 1.54) is 28.8 Å². The molecule has 0 amide bonds. The van der Waals surface area contributed by atoms with Crippen molar-refractivity contribution in [2.24, 2.45) is 0 Å². The molecule has 0 spiro atoms. The molecule has 0 aliphatic carbocycles. The predicted molar refractivity (Wildman–Crippen MR) is 119 cm³/mol. The first-order chi connectivity index (χ1) is 14.7. The Morgan fingerprint density at radius 1 is 1.19 bits per heavy atom. The summed E-state index contributed by atoms with van der Waals surface area (Å²) in [6, 6.07) is 11.5. The van der Waals surface area contributed by atoms with Crippen LogP contribution in [0.15, 0.2) is 47.3 Å². The third-order valence-electron chi connectivity index (χ3n) is 4.98. The Balaban J connectivity index is 1.86. The van der Waals surface area contributed by atoms with Gasteiger partial charge in [0, 0.05) is 34.5 Å². The van der Waals surface area contributed by atoms with Crippen LogP contribution in [0.2, 0.25) is 5.02 Å². The average molecular weight is 440 g/mol. The van der Waals surface area contributed by atoms with E-state index in [1.807, 2.05) is 32.0 Å². The van der Waals surface area contributed by atoms with E-state index in [4.69, 9.17) is 11.6 Å². The number of benzene rings is 2. The Bertz CT molecular complexity index is 1300. The van der Waals surface area contributed by atoms with E-state index in [0.717, 1.165) is 16.8 Å². The fourth-order valence-electron chi connectivity index (χ4n) is 3.52. The number of nitrogens with zero attached hydrogens (tertiary/aromatic N) is 3. The second-order valence-electron chi connectivity index (χ2n) is 7.38. The molecule has 9 nitrogen and oxygen atoms in total. The molecule has 3 aromatic rings. The lowest BCUT2D eigenvalue weighted by atomic mass is 10.1. The van der Waals surface area contributed by atoms with E-state index in [2.05, 4.69) is 20.6 Å². The van der Waals surface area contributed by atoms with Gasteiger partial charge < -0.3 is 0 Å². The number of non-ortho nitro benzene ring substituents is 1. The van der Waals surface area contributed by atoms with Gasteiger partial charge in [0.25, 0.3) is 17.2 Å². The minimum atomic E-state index is -0.808. The van der Waals surface area contributed by atoms with Gasteiger partial charge in [0.2, 0.25) is 0 Å². The molecular weight excluding hydrogens is 420 g/mol. The van der Waals surface area contributed by atoms with Crippen LogP contribution in [-0.4, -0.2) is 20.4 Å². The van der Waals surface area contributed by atoms with E-state index in [0.29, 0.717) is 23.2 Å². The van der Waals surface area contributed by atoms with Gasteiger partial charge in [0.15, 0.2) is 6.17 Å². The number of aromatic nitrogens is 2. The fraction of sp³-hybridized carbons (Fsp3) is 0.190. The summed E-state index contributed by atoms with van der Waals surface area (Å²) in [6.45, 7) is 5.71. The summed E-state index contributed by atoms with van der Waals surface area (Å²) in [6.07, 6.45) is -0.808. The molecule has 158 valence electrons. The van der Waals surface area contributed by atoms with Crippen LogP contribution in [0.4, 0.5) is 17.3 Å². The summed E-state index contributed by atoms with van der Waals surface area (Å²) in [5.74, 6) is 0.764. The van der Waals surface area contributed by atoms with Crippen molar-refractivity contribution in [2.75, 3.05) is 10.6 Å². The highest BCUT2D eigenvalue weighted by Gasteiger charge is 2.31. The normalized spacial score (nSPS) is 15.0. The lowest BCUT2D eigenvalue weighted by Crippen LogP contribution is -2.82. The predicted octanol–water partition coefficient (Wildman–Crippen LogP) is 2.25. The molecule has 0 fully saturated rings. The molecule has 4 rings (SSSR count). The summed E-state index contributed by atoms with van der Waals surface area (Å²) in [4.78, 5) is 31.2. The molecule has 1 aliphatic heterocycles. The number of anilines is 2. The van der Waals surface area contributed by atoms with E-state index in [1.54, 1.807) is 6.92 Å². The van der Waals surface area contributed by atoms with E-state index in [9.17, 15) is 14.9 Å². The molecule has 0 saturated carbocycles. The largest absolute Gasteiger partial charge is 0.357 e. The number of guanidine groups is 1. The first-order valence-corrected chi connectivity index (χ1v) is 9.89. The quantitative estimate of drug-likeness (QED) is 0.426. The van der Waals surface area contributed by atoms with Crippen molar-refractivity contribution in [1.82, 2.24) is 9.55 Å². The van der Waals surface area contributed by atoms with Crippen molar-refractivity contribution >= 4 is 34.9 Å². The first kappa shape index (κ1) is 20.5. The maximum Gasteiger partial charge on any atom is 0.357 e. The second kappa shape index (κ2) is 7.84. The Kier molecular flexibility index (Phi) is 5.20. The van der Waals surface area contributed by atoms with Gasteiger partial charge >= 0.3 is 5.96 Å². The minimum Gasteiger partial charge on any atom is -0.269 e. The topological polar surface area (TPSA) is 116 Å². The fourth-order valence-corrected chi connectivity index (χ4v) is 3.74. The van der Waals surface area contributed by atoms with Crippen LogP contribution in [0.25, 0.3) is 0 Å². The van der Waals surface area contributed by atoms with Gasteiger partial charge in [-0.05, 0) is 38.5 Å². The third-order valence-corrected chi connectivity index (χ3v) is 5.33. The standard InChI is InChI=1S/C21H19ClN6O3/c1-11-4-7-17(12(2)8-11)24-20-25-19(15-10-14(28(30)31)5-6-16(15)22)27-18(29)9-13(3)23-21(27)26-20/h4-10,19H,1-3H3,(H2,23,24,25,26)/p+1/t19-/m1/s1. The molecule has 31 heavy (non-hydrogen) atoms. The molecule has 1 aliphatic rings. The van der Waals surface area contributed by atoms with Gasteiger partial charge in [-0.3, -0.25) is 19.9 Å². The van der Waals surface area contributed by atoms with Gasteiger partial charge in [0.05, 0.1) is 4.92 Å². The maximum absolute atomic E-state index is 12.8. The molecule has 3 N–H and O–H groups in total. The monoisotopic (exact) mass is 439 g/mol. The number of nitrogens with one attached hydrogen (secondary N) is 3. The van der Waals surface area contributed by atoms with Crippen molar-refractivity contribution in [2.45, 2.75) is 26.9 Å². The second-order valence-corrected chi connectivity index (χ2v) is 7.79. The van der Waals surface area contributed by atoms with Crippen LogP contribution >= 0.6 is 11.6 Å². The van der Waals surface area contributed by atoms with Crippen molar-refractivity contribution in [3.63, 3.8) is 0 Å². The van der Waals surface area contributed by atoms with Crippen molar-refractivity contribution in [3.05, 3.63) is 90.3 Å². The first-order valence-electron chi connectivity index (χ1n) is 9.52. The molecule has 0 bridgehead atoms. The highest BCUT2D eigenvalue weighted by molar-refractivity contribution is 6.31. The van der Waals surface area contributed by atoms with Crippen molar-refractivity contribution in [1.29, 1.82) is 0 Å². The van der Waals surface area contributed by atoms with E-state index in [-0.39, 0.29) is 16.3 Å². The highest BCUT2D eigenvalue weighted by Crippen LogP contribution is 2.28. The van der Waals surface area contributed by atoms with E-state index >= 15 is 0 Å². The van der Waals surface area contributed by atoms with Crippen LogP contribution in [0, 0.1) is 30.9 Å². The average Bonchev–Trinajstić information content (AvgIpc) is 2.69. The number of halogens is 1. The molecular formula is C21H20ClN6O3+. The number of fused-ring (bicyclic) bond motifs is 1. The van der Waals surface area contributed by atoms with Gasteiger partial charge in [-0.2, -0.15) is 0 Å². The Hall–Kier alpha value is -3.72. The summed E-state index contributed by atoms with van der Waals surface area (Å²) < 4.78 is 1.38. The third kappa shape index (κ3) is 3.99. The highest BCUT2D eigenvalue weighted by atomic mass is 35.5. The Morgan fingerprint density at radius 3 is 2.68 bits per heavy atom. The number of aryl methyl sites for hydroxylation is 3. The van der Waals surface area contributed by atoms with Crippen molar-refractivity contribution in [3.8, 4) is 0 Å². The SMILES string of the molecule is Cc1ccc(NC2=[NH+][C@@H](c3cc([N+](=O)[O-])ccc3Cl)n3c(nc(C)cc3=O)N2)c(C)c1. The summed E-state index contributed by atoms with van der Waals surface area (Å²) >= 11 is 6.39. The molecule has 1 atom stereocenters. The maximum atomic E-state index is 12.8. The molecule has 0 saturated heterocycles. The van der Waals surface area contributed by atoms with Gasteiger partial charge in [-0.25, -0.2) is 20.2 Å². The smallest absolute Gasteiger partial charge is 0.269 e. The van der Waals surface area contributed by atoms with E-state index < -0.39 is 11.1 Å². The molecule has 0 unspecified atom stereocenters. The van der Waals surface area contributed by atoms with Crippen LogP contribution < -0.4 is 21.2 Å². The summed E-state index contributed by atoms with van der Waals surface area (Å²) in [5.41, 5.74) is 3.49. The van der Waals surface area contributed by atoms with Crippen LogP contribution in [0.5, 0.6) is 0 Å². The zero-order valence-corrected chi connectivity index (χ0v) is 17.8. The molecule has 10 heteroatoms. The zero-order chi connectivity index (χ0) is 22.3. The van der Waals surface area contributed by atoms with Gasteiger partial charge in [-0.15, -0.1) is 0 Å². The summed E-state index contributed by atoms with van der Waals surface area (Å²) in [7, 11) is 0. The summed E-state index contributed by atoms with van der Waals surface area (Å²) in [5, 5.41) is 18.0. The van der Waals surface area contributed by atoms with Gasteiger partial charge in [-0.1, -0.05) is 29.3 Å². The van der Waals surface area contributed by atoms with Crippen molar-refractivity contribution < 1.29 is 9.92 Å². The lowest BCUT2D eigenvalue weighted by molar-refractivity contribution is -0.520. The zero-order valence-electron chi connectivity index (χ0n) is 17.1. The van der Waals surface area contributed by atoms with Gasteiger partial charge in [0.1, 0.15) is 5.69 Å². The Labute approximate surface area is 182 Å². The van der Waals surface area contributed by atoms with Crippen LogP contribution in [0.3, 0.4) is 0 Å². The molecule has 1 aromatic heterocycles. The number of nitro benzene ring substituents is 1. The Morgan fingerprint density at radius 2 is 1.97 bits per heavy atom. The molecule has 0 radical (unpaired) electrons. The number of hydrogen-bond donors (Lipinski definition) is 3. The minimum absolute atomic E-state index is 0.127. The molecule has 2 heterocycles. The van der Waals surface area contributed by atoms with Crippen LogP contribution in [0.1, 0.15) is 28.6 Å².